The van der Waals surface area contributed by atoms with Gasteiger partial charge in [0.1, 0.15) is 0 Å². The zero-order valence-corrected chi connectivity index (χ0v) is 10.5. The van der Waals surface area contributed by atoms with Crippen molar-refractivity contribution < 1.29 is 21.6 Å². The van der Waals surface area contributed by atoms with Crippen LogP contribution in [0.25, 0.3) is 0 Å². The number of nitrogens with zero attached hydrogens (tertiary/aromatic N) is 1. The lowest BCUT2D eigenvalue weighted by Crippen LogP contribution is -2.24. The number of sulfonamides is 1. The van der Waals surface area contributed by atoms with E-state index in [4.69, 9.17) is 11.0 Å². The Morgan fingerprint density at radius 3 is 2.42 bits per heavy atom. The molecule has 1 unspecified atom stereocenters. The van der Waals surface area contributed by atoms with Crippen LogP contribution < -0.4 is 10.5 Å². The summed E-state index contributed by atoms with van der Waals surface area (Å²) in [6, 6.07) is 3.73. The van der Waals surface area contributed by atoms with Gasteiger partial charge >= 0.3 is 6.18 Å². The second kappa shape index (κ2) is 4.97. The van der Waals surface area contributed by atoms with Crippen LogP contribution in [0.1, 0.15) is 12.5 Å². The lowest BCUT2D eigenvalue weighted by molar-refractivity contribution is -0.137. The standard InChI is InChI=1S/C10H10F3N3O2S/c1-6(5-14)19(17,18)16-9-3-2-7(4-8(9)15)10(11,12)13/h2-4,6,16H,15H2,1H3. The average Bonchev–Trinajstić information content (AvgIpc) is 2.29. The van der Waals surface area contributed by atoms with Gasteiger partial charge in [-0.1, -0.05) is 0 Å². The number of benzene rings is 1. The molecule has 0 saturated carbocycles. The van der Waals surface area contributed by atoms with Crippen LogP contribution in [0, 0.1) is 11.3 Å². The third-order valence-corrected chi connectivity index (χ3v) is 3.82. The molecule has 0 aromatic heterocycles. The molecule has 0 fully saturated rings. The summed E-state index contributed by atoms with van der Waals surface area (Å²) in [5.41, 5.74) is 3.80. The van der Waals surface area contributed by atoms with E-state index in [1.165, 1.54) is 6.07 Å². The van der Waals surface area contributed by atoms with E-state index in [-0.39, 0.29) is 11.4 Å². The summed E-state index contributed by atoms with van der Waals surface area (Å²) in [7, 11) is -4.01. The zero-order chi connectivity index (χ0) is 14.8. The van der Waals surface area contributed by atoms with E-state index < -0.39 is 27.0 Å². The summed E-state index contributed by atoms with van der Waals surface area (Å²) in [6.07, 6.45) is -4.56. The first-order valence-electron chi connectivity index (χ1n) is 4.96. The molecule has 0 aliphatic heterocycles. The molecule has 0 bridgehead atoms. The minimum Gasteiger partial charge on any atom is -0.397 e. The highest BCUT2D eigenvalue weighted by molar-refractivity contribution is 7.93. The van der Waals surface area contributed by atoms with Crippen LogP contribution >= 0.6 is 0 Å². The van der Waals surface area contributed by atoms with Gasteiger partial charge < -0.3 is 5.73 Å². The Kier molecular flexibility index (Phi) is 3.95. The summed E-state index contributed by atoms with van der Waals surface area (Å²) in [4.78, 5) is 0. The molecule has 0 aliphatic rings. The second-order valence-electron chi connectivity index (χ2n) is 3.72. The molecule has 1 aromatic carbocycles. The number of anilines is 2. The molecule has 19 heavy (non-hydrogen) atoms. The number of hydrogen-bond acceptors (Lipinski definition) is 4. The Balaban J connectivity index is 3.10. The molecule has 0 saturated heterocycles. The van der Waals surface area contributed by atoms with Crippen LogP contribution in [-0.4, -0.2) is 13.7 Å². The maximum absolute atomic E-state index is 12.4. The van der Waals surface area contributed by atoms with Gasteiger partial charge in [-0.2, -0.15) is 18.4 Å². The Labute approximate surface area is 107 Å². The summed E-state index contributed by atoms with van der Waals surface area (Å²) in [5, 5.41) is 7.17. The number of nitriles is 1. The highest BCUT2D eigenvalue weighted by Gasteiger charge is 2.31. The van der Waals surface area contributed by atoms with E-state index in [0.29, 0.717) is 12.1 Å². The molecular weight excluding hydrogens is 283 g/mol. The predicted octanol–water partition coefficient (Wildman–Crippen LogP) is 1.94. The minimum absolute atomic E-state index is 0.199. The third kappa shape index (κ3) is 3.51. The van der Waals surface area contributed by atoms with Gasteiger partial charge in [-0.3, -0.25) is 4.72 Å². The van der Waals surface area contributed by atoms with Crippen molar-refractivity contribution in [2.75, 3.05) is 10.5 Å². The number of alkyl halides is 3. The van der Waals surface area contributed by atoms with Crippen LogP contribution in [0.5, 0.6) is 0 Å². The van der Waals surface area contributed by atoms with E-state index in [9.17, 15) is 21.6 Å². The molecule has 3 N–H and O–H groups in total. The van der Waals surface area contributed by atoms with Gasteiger partial charge in [-0.25, -0.2) is 8.42 Å². The van der Waals surface area contributed by atoms with Crippen LogP contribution in [0.3, 0.4) is 0 Å². The molecule has 0 spiro atoms. The monoisotopic (exact) mass is 293 g/mol. The lowest BCUT2D eigenvalue weighted by Gasteiger charge is -2.13. The third-order valence-electron chi connectivity index (χ3n) is 2.28. The summed E-state index contributed by atoms with van der Waals surface area (Å²) >= 11 is 0. The van der Waals surface area contributed by atoms with Crippen LogP contribution in [0.2, 0.25) is 0 Å². The normalized spacial score (nSPS) is 13.6. The number of rotatable bonds is 3. The molecular formula is C10H10F3N3O2S. The first kappa shape index (κ1) is 15.1. The topological polar surface area (TPSA) is 96.0 Å². The molecule has 0 heterocycles. The summed E-state index contributed by atoms with van der Waals surface area (Å²) in [6.45, 7) is 1.14. The van der Waals surface area contributed by atoms with Gasteiger partial charge in [-0.05, 0) is 25.1 Å². The van der Waals surface area contributed by atoms with E-state index in [1.807, 2.05) is 4.72 Å². The molecule has 1 atom stereocenters. The minimum atomic E-state index is -4.56. The van der Waals surface area contributed by atoms with Crippen LogP contribution in [0.4, 0.5) is 24.5 Å². The number of halogens is 3. The zero-order valence-electron chi connectivity index (χ0n) is 9.69. The SMILES string of the molecule is CC(C#N)S(=O)(=O)Nc1ccc(C(F)(F)F)cc1N. The Morgan fingerprint density at radius 2 is 2.00 bits per heavy atom. The van der Waals surface area contributed by atoms with E-state index in [2.05, 4.69) is 0 Å². The van der Waals surface area contributed by atoms with Gasteiger partial charge in [0.15, 0.2) is 5.25 Å². The second-order valence-corrected chi connectivity index (χ2v) is 5.72. The maximum Gasteiger partial charge on any atom is 0.416 e. The molecule has 104 valence electrons. The van der Waals surface area contributed by atoms with Crippen molar-refractivity contribution in [1.29, 1.82) is 5.26 Å². The number of nitrogens with one attached hydrogen (secondary N) is 1. The first-order chi connectivity index (χ1) is 8.58. The fourth-order valence-corrected chi connectivity index (χ4v) is 1.95. The predicted molar refractivity (Wildman–Crippen MR) is 63.5 cm³/mol. The van der Waals surface area contributed by atoms with Crippen LogP contribution in [0.15, 0.2) is 18.2 Å². The van der Waals surface area contributed by atoms with E-state index in [0.717, 1.165) is 13.0 Å². The Hall–Kier alpha value is -1.95. The molecule has 5 nitrogen and oxygen atoms in total. The summed E-state index contributed by atoms with van der Waals surface area (Å²) in [5.74, 6) is 0. The molecule has 0 aliphatic carbocycles. The molecule has 1 aromatic rings. The van der Waals surface area contributed by atoms with Crippen molar-refractivity contribution in [2.45, 2.75) is 18.3 Å². The first-order valence-corrected chi connectivity index (χ1v) is 6.50. The molecule has 0 amide bonds. The Bertz CT molecular complexity index is 620. The smallest absolute Gasteiger partial charge is 0.397 e. The number of nitrogens with two attached hydrogens (primary N) is 1. The van der Waals surface area contributed by atoms with Gasteiger partial charge in [0.25, 0.3) is 0 Å². The highest BCUT2D eigenvalue weighted by Crippen LogP contribution is 2.33. The van der Waals surface area contributed by atoms with Crippen molar-refractivity contribution in [3.63, 3.8) is 0 Å². The van der Waals surface area contributed by atoms with E-state index in [1.54, 1.807) is 0 Å². The van der Waals surface area contributed by atoms with Gasteiger partial charge in [0, 0.05) is 0 Å². The largest absolute Gasteiger partial charge is 0.416 e. The van der Waals surface area contributed by atoms with Crippen molar-refractivity contribution >= 4 is 21.4 Å². The fraction of sp³-hybridized carbons (Fsp3) is 0.300. The van der Waals surface area contributed by atoms with Crippen molar-refractivity contribution in [2.24, 2.45) is 0 Å². The quantitative estimate of drug-likeness (QED) is 0.832. The average molecular weight is 293 g/mol. The lowest BCUT2D eigenvalue weighted by atomic mass is 10.2. The van der Waals surface area contributed by atoms with Crippen molar-refractivity contribution in [3.8, 4) is 6.07 Å². The number of nitrogen functional groups attached to an aromatic ring is 1. The Morgan fingerprint density at radius 1 is 1.42 bits per heavy atom. The van der Waals surface area contributed by atoms with Crippen LogP contribution in [-0.2, 0) is 16.2 Å². The van der Waals surface area contributed by atoms with Gasteiger partial charge in [-0.15, -0.1) is 0 Å². The van der Waals surface area contributed by atoms with Gasteiger partial charge in [0.05, 0.1) is 23.0 Å². The molecule has 1 rings (SSSR count). The fourth-order valence-electron chi connectivity index (χ4n) is 1.14. The van der Waals surface area contributed by atoms with Gasteiger partial charge in [0.2, 0.25) is 10.0 Å². The maximum atomic E-state index is 12.4. The number of hydrogen-bond donors (Lipinski definition) is 2. The van der Waals surface area contributed by atoms with Crippen molar-refractivity contribution in [3.05, 3.63) is 23.8 Å². The van der Waals surface area contributed by atoms with E-state index >= 15 is 0 Å². The highest BCUT2D eigenvalue weighted by atomic mass is 32.2. The molecule has 0 radical (unpaired) electrons. The summed E-state index contributed by atoms with van der Waals surface area (Å²) < 4.78 is 62.2. The van der Waals surface area contributed by atoms with Crippen molar-refractivity contribution in [1.82, 2.24) is 0 Å². The molecule has 9 heteroatoms.